The van der Waals surface area contributed by atoms with Crippen molar-refractivity contribution in [2.45, 2.75) is 26.9 Å². The highest BCUT2D eigenvalue weighted by Gasteiger charge is 2.17. The minimum atomic E-state index is -0.0534. The Balaban J connectivity index is 1.69. The monoisotopic (exact) mass is 358 g/mol. The number of aryl methyl sites for hydroxylation is 2. The topological polar surface area (TPSA) is 63.3 Å². The number of hydrogen-bond donors (Lipinski definition) is 1. The highest BCUT2D eigenvalue weighted by Crippen LogP contribution is 2.19. The van der Waals surface area contributed by atoms with Crippen LogP contribution >= 0.6 is 11.3 Å². The summed E-state index contributed by atoms with van der Waals surface area (Å²) < 4.78 is 7.22. The maximum atomic E-state index is 12.6. The second-order valence-corrected chi connectivity index (χ2v) is 7.05. The highest BCUT2D eigenvalue weighted by atomic mass is 32.1. The van der Waals surface area contributed by atoms with Gasteiger partial charge in [0.15, 0.2) is 0 Å². The van der Waals surface area contributed by atoms with Gasteiger partial charge in [-0.05, 0) is 37.4 Å². The Kier molecular flexibility index (Phi) is 5.35. The molecule has 0 spiro atoms. The van der Waals surface area contributed by atoms with Gasteiger partial charge in [-0.1, -0.05) is 6.07 Å². The van der Waals surface area contributed by atoms with Crippen molar-refractivity contribution in [3.05, 3.63) is 57.9 Å². The lowest BCUT2D eigenvalue weighted by atomic mass is 10.3. The molecule has 3 aromatic heterocycles. The minimum absolute atomic E-state index is 0.0534. The van der Waals surface area contributed by atoms with Crippen LogP contribution in [0.3, 0.4) is 0 Å². The molecule has 0 bridgehead atoms. The van der Waals surface area contributed by atoms with Crippen molar-refractivity contribution in [3.63, 3.8) is 0 Å². The largest absolute Gasteiger partial charge is 0.468 e. The molecule has 0 aliphatic carbocycles. The fraction of sp³-hybridized carbons (Fsp3) is 0.333. The van der Waals surface area contributed by atoms with E-state index in [0.717, 1.165) is 22.8 Å². The van der Waals surface area contributed by atoms with Gasteiger partial charge < -0.3 is 9.73 Å². The molecule has 3 heterocycles. The van der Waals surface area contributed by atoms with Crippen LogP contribution in [0.2, 0.25) is 0 Å². The number of hydrogen-bond acceptors (Lipinski definition) is 5. The van der Waals surface area contributed by atoms with E-state index in [2.05, 4.69) is 21.4 Å². The van der Waals surface area contributed by atoms with Gasteiger partial charge in [-0.3, -0.25) is 14.4 Å². The van der Waals surface area contributed by atoms with Crippen molar-refractivity contribution in [2.24, 2.45) is 7.05 Å². The first-order valence-electron chi connectivity index (χ1n) is 8.10. The van der Waals surface area contributed by atoms with Crippen LogP contribution in [0.4, 0.5) is 5.69 Å². The maximum Gasteiger partial charge on any atom is 0.238 e. The summed E-state index contributed by atoms with van der Waals surface area (Å²) in [6.07, 6.45) is 1.65. The molecule has 25 heavy (non-hydrogen) atoms. The molecule has 1 N–H and O–H groups in total. The zero-order valence-electron chi connectivity index (χ0n) is 14.7. The van der Waals surface area contributed by atoms with Crippen LogP contribution in [0.25, 0.3) is 0 Å². The molecule has 0 saturated carbocycles. The fourth-order valence-electron chi connectivity index (χ4n) is 2.75. The molecule has 0 fully saturated rings. The standard InChI is InChI=1S/C18H22N4O2S/c1-13-18(14(2)21(3)20-13)19-17(23)12-22(10-15-6-4-8-24-15)11-16-7-5-9-25-16/h4-9H,10-12H2,1-3H3,(H,19,23). The van der Waals surface area contributed by atoms with Crippen LogP contribution in [-0.4, -0.2) is 27.1 Å². The number of nitrogens with one attached hydrogen (secondary N) is 1. The minimum Gasteiger partial charge on any atom is -0.468 e. The number of carbonyl (C=O) groups excluding carboxylic acids is 1. The molecule has 0 aliphatic heterocycles. The first-order chi connectivity index (χ1) is 12.0. The lowest BCUT2D eigenvalue weighted by Crippen LogP contribution is -2.32. The van der Waals surface area contributed by atoms with E-state index < -0.39 is 0 Å². The summed E-state index contributed by atoms with van der Waals surface area (Å²) in [5, 5.41) is 9.38. The van der Waals surface area contributed by atoms with Gasteiger partial charge in [-0.25, -0.2) is 0 Å². The summed E-state index contributed by atoms with van der Waals surface area (Å²) in [6, 6.07) is 7.89. The number of amides is 1. The number of carbonyl (C=O) groups is 1. The molecular weight excluding hydrogens is 336 g/mol. The van der Waals surface area contributed by atoms with Gasteiger partial charge in [-0.2, -0.15) is 5.10 Å². The second kappa shape index (κ2) is 7.67. The van der Waals surface area contributed by atoms with Crippen LogP contribution in [0.15, 0.2) is 40.3 Å². The predicted molar refractivity (Wildman–Crippen MR) is 98.5 cm³/mol. The number of thiophene rings is 1. The van der Waals surface area contributed by atoms with Gasteiger partial charge in [0, 0.05) is 18.5 Å². The molecule has 3 rings (SSSR count). The third kappa shape index (κ3) is 4.37. The summed E-state index contributed by atoms with van der Waals surface area (Å²) in [4.78, 5) is 15.9. The van der Waals surface area contributed by atoms with Gasteiger partial charge in [0.25, 0.3) is 0 Å². The molecule has 3 aromatic rings. The Bertz CT molecular complexity index is 786. The summed E-state index contributed by atoms with van der Waals surface area (Å²) in [6.45, 7) is 5.42. The van der Waals surface area contributed by atoms with Crippen molar-refractivity contribution in [1.29, 1.82) is 0 Å². The molecule has 6 nitrogen and oxygen atoms in total. The van der Waals surface area contributed by atoms with E-state index in [1.54, 1.807) is 22.3 Å². The Morgan fingerprint density at radius 1 is 1.32 bits per heavy atom. The van der Waals surface area contributed by atoms with Crippen molar-refractivity contribution < 1.29 is 9.21 Å². The van der Waals surface area contributed by atoms with Crippen molar-refractivity contribution in [2.75, 3.05) is 11.9 Å². The van der Waals surface area contributed by atoms with E-state index in [0.29, 0.717) is 13.1 Å². The molecule has 0 radical (unpaired) electrons. The summed E-state index contributed by atoms with van der Waals surface area (Å²) in [7, 11) is 1.87. The SMILES string of the molecule is Cc1nn(C)c(C)c1NC(=O)CN(Cc1ccco1)Cc1cccs1. The summed E-state index contributed by atoms with van der Waals surface area (Å²) in [5.41, 5.74) is 2.56. The molecule has 0 aliphatic rings. The lowest BCUT2D eigenvalue weighted by Gasteiger charge is -2.20. The predicted octanol–water partition coefficient (Wildman–Crippen LogP) is 3.33. The van der Waals surface area contributed by atoms with Crippen LogP contribution in [0.1, 0.15) is 22.0 Å². The van der Waals surface area contributed by atoms with E-state index >= 15 is 0 Å². The Hall–Kier alpha value is -2.38. The molecule has 0 saturated heterocycles. The molecule has 132 valence electrons. The zero-order chi connectivity index (χ0) is 17.8. The van der Waals surface area contributed by atoms with Gasteiger partial charge in [-0.15, -0.1) is 11.3 Å². The number of nitrogens with zero attached hydrogens (tertiary/aromatic N) is 3. The first kappa shape index (κ1) is 17.4. The molecule has 0 aromatic carbocycles. The van der Waals surface area contributed by atoms with Crippen molar-refractivity contribution in [1.82, 2.24) is 14.7 Å². The van der Waals surface area contributed by atoms with E-state index in [1.807, 2.05) is 44.5 Å². The Morgan fingerprint density at radius 2 is 2.16 bits per heavy atom. The molecule has 0 unspecified atom stereocenters. The van der Waals surface area contributed by atoms with Crippen LogP contribution in [-0.2, 0) is 24.9 Å². The number of furan rings is 1. The molecule has 7 heteroatoms. The number of anilines is 1. The maximum absolute atomic E-state index is 12.6. The van der Waals surface area contributed by atoms with Gasteiger partial charge in [0.05, 0.1) is 36.4 Å². The van der Waals surface area contributed by atoms with E-state index in [-0.39, 0.29) is 12.5 Å². The molecule has 0 atom stereocenters. The quantitative estimate of drug-likeness (QED) is 0.704. The fourth-order valence-corrected chi connectivity index (χ4v) is 3.50. The third-order valence-corrected chi connectivity index (χ3v) is 4.92. The smallest absolute Gasteiger partial charge is 0.238 e. The van der Waals surface area contributed by atoms with Gasteiger partial charge in [0.1, 0.15) is 5.76 Å². The first-order valence-corrected chi connectivity index (χ1v) is 8.98. The van der Waals surface area contributed by atoms with E-state index in [9.17, 15) is 4.79 Å². The van der Waals surface area contributed by atoms with Gasteiger partial charge in [0.2, 0.25) is 5.91 Å². The van der Waals surface area contributed by atoms with Crippen molar-refractivity contribution in [3.8, 4) is 0 Å². The van der Waals surface area contributed by atoms with Gasteiger partial charge >= 0.3 is 0 Å². The molecule has 1 amide bonds. The van der Waals surface area contributed by atoms with E-state index in [4.69, 9.17) is 4.42 Å². The van der Waals surface area contributed by atoms with Crippen LogP contribution in [0, 0.1) is 13.8 Å². The van der Waals surface area contributed by atoms with Crippen LogP contribution < -0.4 is 5.32 Å². The average Bonchev–Trinajstić information content (AvgIpc) is 3.29. The van der Waals surface area contributed by atoms with E-state index in [1.165, 1.54) is 4.88 Å². The number of aromatic nitrogens is 2. The molecular formula is C18H22N4O2S. The summed E-state index contributed by atoms with van der Waals surface area (Å²) in [5.74, 6) is 0.792. The lowest BCUT2D eigenvalue weighted by molar-refractivity contribution is -0.117. The summed E-state index contributed by atoms with van der Waals surface area (Å²) >= 11 is 1.69. The van der Waals surface area contributed by atoms with Crippen LogP contribution in [0.5, 0.6) is 0 Å². The third-order valence-electron chi connectivity index (χ3n) is 4.06. The Labute approximate surface area is 151 Å². The second-order valence-electron chi connectivity index (χ2n) is 6.02. The average molecular weight is 358 g/mol. The van der Waals surface area contributed by atoms with Crippen molar-refractivity contribution >= 4 is 22.9 Å². The normalized spacial score (nSPS) is 11.2. The zero-order valence-corrected chi connectivity index (χ0v) is 15.5. The highest BCUT2D eigenvalue weighted by molar-refractivity contribution is 7.09. The Morgan fingerprint density at radius 3 is 2.76 bits per heavy atom. The number of rotatable bonds is 7.